The number of methoxy groups -OCH3 is 1. The monoisotopic (exact) mass is 567 g/mol. The maximum atomic E-state index is 13.2. The normalized spacial score (nSPS) is 14.0. The number of esters is 1. The summed E-state index contributed by atoms with van der Waals surface area (Å²) < 4.78 is 11.4. The lowest BCUT2D eigenvalue weighted by Crippen LogP contribution is -2.48. The lowest BCUT2D eigenvalue weighted by Gasteiger charge is -2.28. The Morgan fingerprint density at radius 1 is 1.12 bits per heavy atom. The highest BCUT2D eigenvalue weighted by Crippen LogP contribution is 2.20. The number of hydrogen-bond acceptors (Lipinski definition) is 9. The molecule has 208 valence electrons. The van der Waals surface area contributed by atoms with E-state index in [0.717, 1.165) is 0 Å². The van der Waals surface area contributed by atoms with E-state index in [1.54, 1.807) is 23.1 Å². The fraction of sp³-hybridized carbons (Fsp3) is 0.269. The Hall–Kier alpha value is -4.62. The van der Waals surface area contributed by atoms with Gasteiger partial charge in [-0.25, -0.2) is 4.79 Å². The third-order valence-corrected chi connectivity index (χ3v) is 6.18. The van der Waals surface area contributed by atoms with Crippen molar-refractivity contribution in [3.05, 3.63) is 71.0 Å². The number of carbonyl (C=O) groups is 4. The van der Waals surface area contributed by atoms with Crippen molar-refractivity contribution in [3.63, 3.8) is 0 Å². The predicted molar refractivity (Wildman–Crippen MR) is 144 cm³/mol. The molecule has 0 radical (unpaired) electrons. The summed E-state index contributed by atoms with van der Waals surface area (Å²) >= 11 is 6.14. The van der Waals surface area contributed by atoms with Crippen molar-refractivity contribution in [1.82, 2.24) is 30.4 Å². The van der Waals surface area contributed by atoms with Gasteiger partial charge in [-0.1, -0.05) is 11.6 Å². The molecule has 4 rings (SSSR count). The molecule has 0 aliphatic carbocycles. The van der Waals surface area contributed by atoms with Crippen LogP contribution in [0.3, 0.4) is 0 Å². The van der Waals surface area contributed by atoms with E-state index < -0.39 is 23.8 Å². The molecule has 2 aromatic carbocycles. The Bertz CT molecular complexity index is 1390. The molecule has 13 nitrogen and oxygen atoms in total. The molecule has 0 saturated carbocycles. The molecular formula is C26H26ClN7O6. The van der Waals surface area contributed by atoms with Gasteiger partial charge in [0.25, 0.3) is 0 Å². The minimum Gasteiger partial charge on any atom is -0.465 e. The van der Waals surface area contributed by atoms with Crippen molar-refractivity contribution < 1.29 is 28.7 Å². The molecule has 0 spiro atoms. The van der Waals surface area contributed by atoms with E-state index >= 15 is 0 Å². The highest BCUT2D eigenvalue weighted by molar-refractivity contribution is 6.30. The zero-order chi connectivity index (χ0) is 28.5. The molecule has 1 fully saturated rings. The molecule has 1 aliphatic heterocycles. The number of benzene rings is 2. The molecule has 14 heteroatoms. The van der Waals surface area contributed by atoms with Crippen molar-refractivity contribution in [2.75, 3.05) is 38.7 Å². The molecule has 1 aromatic heterocycles. The lowest BCUT2D eigenvalue weighted by atomic mass is 10.1. The van der Waals surface area contributed by atoms with Gasteiger partial charge in [-0.3, -0.25) is 14.4 Å². The van der Waals surface area contributed by atoms with Crippen molar-refractivity contribution in [1.29, 1.82) is 0 Å². The number of aromatic nitrogens is 4. The van der Waals surface area contributed by atoms with Crippen molar-refractivity contribution in [2.24, 2.45) is 0 Å². The van der Waals surface area contributed by atoms with E-state index in [2.05, 4.69) is 30.9 Å². The Kier molecular flexibility index (Phi) is 9.54. The second-order valence-corrected chi connectivity index (χ2v) is 9.04. The first-order chi connectivity index (χ1) is 19.3. The van der Waals surface area contributed by atoms with E-state index in [4.69, 9.17) is 16.3 Å². The number of amides is 3. The third-order valence-electron chi connectivity index (χ3n) is 5.95. The summed E-state index contributed by atoms with van der Waals surface area (Å²) in [6.45, 7) is 1.58. The van der Waals surface area contributed by atoms with Crippen molar-refractivity contribution >= 4 is 47.1 Å². The molecule has 1 aliphatic rings. The van der Waals surface area contributed by atoms with Gasteiger partial charge in [-0.05, 0) is 59.0 Å². The predicted octanol–water partition coefficient (Wildman–Crippen LogP) is 1.49. The van der Waals surface area contributed by atoms with Gasteiger partial charge < -0.3 is 25.0 Å². The van der Waals surface area contributed by atoms with E-state index in [1.165, 1.54) is 54.5 Å². The molecule has 2 N–H and O–H groups in total. The summed E-state index contributed by atoms with van der Waals surface area (Å²) in [6.07, 6.45) is 3.86. The van der Waals surface area contributed by atoms with Gasteiger partial charge in [0.1, 0.15) is 12.4 Å². The number of halogens is 1. The van der Waals surface area contributed by atoms with E-state index in [-0.39, 0.29) is 12.3 Å². The first kappa shape index (κ1) is 28.4. The Morgan fingerprint density at radius 3 is 2.55 bits per heavy atom. The average Bonchev–Trinajstić information content (AvgIpc) is 3.51. The molecule has 3 amide bonds. The van der Waals surface area contributed by atoms with Gasteiger partial charge in [0.05, 0.1) is 38.0 Å². The molecule has 3 aromatic rings. The van der Waals surface area contributed by atoms with Crippen LogP contribution in [-0.4, -0.2) is 88.3 Å². The Balaban J connectivity index is 1.50. The number of nitrogens with one attached hydrogen (secondary N) is 2. The van der Waals surface area contributed by atoms with E-state index in [0.29, 0.717) is 53.8 Å². The second-order valence-electron chi connectivity index (χ2n) is 8.61. The van der Waals surface area contributed by atoms with Crippen LogP contribution < -0.4 is 10.6 Å². The standard InChI is InChI=1S/C26H26ClN7O6/c1-39-26(38)17-2-6-20(7-3-17)29-25(37)21(15-24(36)33-10-12-40-13-11-33)30-23(35)9-4-18-14-19(27)5-8-22(18)34-16-28-31-32-34/h2-9,14,16,21H,10-13,15H2,1H3,(H,29,37)(H,30,35). The summed E-state index contributed by atoms with van der Waals surface area (Å²) in [5.74, 6) is -2.04. The molecule has 40 heavy (non-hydrogen) atoms. The number of ether oxygens (including phenoxy) is 2. The van der Waals surface area contributed by atoms with E-state index in [9.17, 15) is 19.2 Å². The highest BCUT2D eigenvalue weighted by Gasteiger charge is 2.27. The molecule has 2 heterocycles. The van der Waals surface area contributed by atoms with Gasteiger partial charge >= 0.3 is 5.97 Å². The summed E-state index contributed by atoms with van der Waals surface area (Å²) in [6, 6.07) is 9.81. The number of tetrazole rings is 1. The number of carbonyl (C=O) groups excluding carboxylic acids is 4. The largest absolute Gasteiger partial charge is 0.465 e. The van der Waals surface area contributed by atoms with Crippen LogP contribution in [0.2, 0.25) is 5.02 Å². The van der Waals surface area contributed by atoms with Gasteiger partial charge in [0.15, 0.2) is 0 Å². The van der Waals surface area contributed by atoms with Gasteiger partial charge in [0, 0.05) is 35.4 Å². The number of anilines is 1. The molecule has 1 unspecified atom stereocenters. The van der Waals surface area contributed by atoms with E-state index in [1.807, 2.05) is 0 Å². The molecular weight excluding hydrogens is 542 g/mol. The maximum Gasteiger partial charge on any atom is 0.337 e. The highest BCUT2D eigenvalue weighted by atomic mass is 35.5. The lowest BCUT2D eigenvalue weighted by molar-refractivity contribution is -0.137. The van der Waals surface area contributed by atoms with Crippen LogP contribution in [0.5, 0.6) is 0 Å². The van der Waals surface area contributed by atoms with Crippen molar-refractivity contribution in [2.45, 2.75) is 12.5 Å². The van der Waals surface area contributed by atoms with Crippen LogP contribution in [-0.2, 0) is 23.9 Å². The van der Waals surface area contributed by atoms with Crippen LogP contribution >= 0.6 is 11.6 Å². The van der Waals surface area contributed by atoms with Crippen LogP contribution in [0.15, 0.2) is 54.9 Å². The number of rotatable bonds is 9. The van der Waals surface area contributed by atoms with Crippen molar-refractivity contribution in [3.8, 4) is 5.69 Å². The zero-order valence-corrected chi connectivity index (χ0v) is 22.2. The summed E-state index contributed by atoms with van der Waals surface area (Å²) in [7, 11) is 1.27. The molecule has 0 bridgehead atoms. The third kappa shape index (κ3) is 7.48. The Morgan fingerprint density at radius 2 is 1.88 bits per heavy atom. The number of morpholine rings is 1. The maximum absolute atomic E-state index is 13.2. The molecule has 1 saturated heterocycles. The van der Waals surface area contributed by atoms with Crippen LogP contribution in [0.4, 0.5) is 5.69 Å². The number of nitrogens with zero attached hydrogens (tertiary/aromatic N) is 5. The fourth-order valence-corrected chi connectivity index (χ4v) is 4.07. The first-order valence-corrected chi connectivity index (χ1v) is 12.6. The SMILES string of the molecule is COC(=O)c1ccc(NC(=O)C(CC(=O)N2CCOCC2)NC(=O)C=Cc2cc(Cl)ccc2-n2cnnn2)cc1. The fourth-order valence-electron chi connectivity index (χ4n) is 3.89. The van der Waals surface area contributed by atoms with Gasteiger partial charge in [-0.2, -0.15) is 4.68 Å². The second kappa shape index (κ2) is 13.4. The van der Waals surface area contributed by atoms with Crippen LogP contribution in [0, 0.1) is 0 Å². The minimum absolute atomic E-state index is 0.265. The summed E-state index contributed by atoms with van der Waals surface area (Å²) in [4.78, 5) is 52.3. The smallest absolute Gasteiger partial charge is 0.337 e. The molecule has 1 atom stereocenters. The van der Waals surface area contributed by atoms with Crippen LogP contribution in [0.25, 0.3) is 11.8 Å². The first-order valence-electron chi connectivity index (χ1n) is 12.2. The summed E-state index contributed by atoms with van der Waals surface area (Å²) in [5, 5.41) is 16.8. The summed E-state index contributed by atoms with van der Waals surface area (Å²) in [5.41, 5.74) is 1.80. The van der Waals surface area contributed by atoms with Gasteiger partial charge in [0.2, 0.25) is 17.7 Å². The quantitative estimate of drug-likeness (QED) is 0.288. The zero-order valence-electron chi connectivity index (χ0n) is 21.4. The van der Waals surface area contributed by atoms with Crippen LogP contribution in [0.1, 0.15) is 22.3 Å². The average molecular weight is 568 g/mol. The van der Waals surface area contributed by atoms with Gasteiger partial charge in [-0.15, -0.1) is 5.10 Å². The minimum atomic E-state index is -1.19. The topological polar surface area (TPSA) is 158 Å². The number of hydrogen-bond donors (Lipinski definition) is 2. The Labute approximate surface area is 234 Å².